The van der Waals surface area contributed by atoms with Crippen LogP contribution in [0.15, 0.2) is 48.5 Å². The molecule has 0 spiro atoms. The number of carbonyl (C=O) groups is 1. The van der Waals surface area contributed by atoms with Crippen LogP contribution in [0.4, 0.5) is 8.78 Å². The number of morpholine rings is 1. The fourth-order valence-corrected chi connectivity index (χ4v) is 5.34. The first-order valence-corrected chi connectivity index (χ1v) is 10.9. The van der Waals surface area contributed by atoms with Gasteiger partial charge in [-0.05, 0) is 40.7 Å². The van der Waals surface area contributed by atoms with E-state index in [-0.39, 0.29) is 11.7 Å². The van der Waals surface area contributed by atoms with E-state index in [4.69, 9.17) is 4.74 Å². The third kappa shape index (κ3) is 3.56. The molecule has 2 aliphatic rings. The predicted molar refractivity (Wildman–Crippen MR) is 116 cm³/mol. The molecule has 2 aromatic carbocycles. The molecule has 1 fully saturated rings. The summed E-state index contributed by atoms with van der Waals surface area (Å²) in [7, 11) is 0. The molecule has 4 nitrogen and oxygen atoms in total. The molecule has 6 heteroatoms. The van der Waals surface area contributed by atoms with E-state index in [0.29, 0.717) is 26.1 Å². The van der Waals surface area contributed by atoms with Gasteiger partial charge in [-0.2, -0.15) is 0 Å². The van der Waals surface area contributed by atoms with E-state index >= 15 is 0 Å². The number of alkyl halides is 1. The number of hydrogen-bond donors (Lipinski definition) is 1. The SMILES string of the molecule is CC(C)(C)[C@]1(c2ccc(F)cc2)c2ccccc2CCN1C(=O)[C@@H]1OCCN[C@H]1CF. The maximum absolute atomic E-state index is 14.0. The lowest BCUT2D eigenvalue weighted by Crippen LogP contribution is -2.65. The zero-order chi connectivity index (χ0) is 22.2. The maximum atomic E-state index is 14.0. The second kappa shape index (κ2) is 8.32. The second-order valence-corrected chi connectivity index (χ2v) is 9.37. The highest BCUT2D eigenvalue weighted by Crippen LogP contribution is 2.52. The summed E-state index contributed by atoms with van der Waals surface area (Å²) < 4.78 is 33.4. The van der Waals surface area contributed by atoms with Crippen molar-refractivity contribution in [2.75, 3.05) is 26.4 Å². The van der Waals surface area contributed by atoms with Crippen LogP contribution in [0.3, 0.4) is 0 Å². The monoisotopic (exact) mass is 428 g/mol. The van der Waals surface area contributed by atoms with Crippen LogP contribution in [-0.4, -0.2) is 49.3 Å². The molecule has 31 heavy (non-hydrogen) atoms. The fraction of sp³-hybridized carbons (Fsp3) is 0.480. The number of fused-ring (bicyclic) bond motifs is 1. The molecular formula is C25H30F2N2O2. The Morgan fingerprint density at radius 3 is 2.58 bits per heavy atom. The van der Waals surface area contributed by atoms with Crippen LogP contribution in [0.25, 0.3) is 0 Å². The third-order valence-corrected chi connectivity index (χ3v) is 6.61. The van der Waals surface area contributed by atoms with Crippen LogP contribution in [0.1, 0.15) is 37.5 Å². The van der Waals surface area contributed by atoms with Gasteiger partial charge in [-0.1, -0.05) is 57.2 Å². The summed E-state index contributed by atoms with van der Waals surface area (Å²) in [4.78, 5) is 15.8. The summed E-state index contributed by atoms with van der Waals surface area (Å²) in [5.74, 6) is -0.560. The van der Waals surface area contributed by atoms with Crippen LogP contribution in [0.5, 0.6) is 0 Å². The van der Waals surface area contributed by atoms with E-state index in [1.165, 1.54) is 12.1 Å². The van der Waals surface area contributed by atoms with Crippen molar-refractivity contribution in [3.05, 3.63) is 71.0 Å². The Labute approximate surface area is 182 Å². The highest BCUT2D eigenvalue weighted by atomic mass is 19.1. The normalized spacial score (nSPS) is 26.4. The van der Waals surface area contributed by atoms with Crippen molar-refractivity contribution in [2.24, 2.45) is 5.41 Å². The molecule has 1 amide bonds. The Hall–Kier alpha value is -2.31. The number of amides is 1. The summed E-state index contributed by atoms with van der Waals surface area (Å²) in [6.45, 7) is 6.94. The van der Waals surface area contributed by atoms with Gasteiger partial charge < -0.3 is 15.0 Å². The zero-order valence-corrected chi connectivity index (χ0v) is 18.3. The van der Waals surface area contributed by atoms with Crippen LogP contribution >= 0.6 is 0 Å². The summed E-state index contributed by atoms with van der Waals surface area (Å²) in [5, 5.41) is 3.07. The molecule has 0 bridgehead atoms. The Morgan fingerprint density at radius 2 is 1.90 bits per heavy atom. The Balaban J connectivity index is 1.93. The van der Waals surface area contributed by atoms with Crippen LogP contribution in [0, 0.1) is 11.2 Å². The van der Waals surface area contributed by atoms with Gasteiger partial charge in [0, 0.05) is 13.1 Å². The number of benzene rings is 2. The molecule has 2 aromatic rings. The average molecular weight is 429 g/mol. The standard InChI is InChI=1S/C25H30F2N2O2/c1-24(2,3)25(18-8-10-19(27)11-9-18)20-7-5-4-6-17(20)12-14-29(25)23(30)22-21(16-26)28-13-15-31-22/h4-11,21-22,28H,12-16H2,1-3H3/t21-,22+,25-/m0/s1. The average Bonchev–Trinajstić information content (AvgIpc) is 2.77. The Bertz CT molecular complexity index is 941. The molecular weight excluding hydrogens is 398 g/mol. The second-order valence-electron chi connectivity index (χ2n) is 9.37. The first-order chi connectivity index (χ1) is 14.8. The molecule has 0 aromatic heterocycles. The van der Waals surface area contributed by atoms with Crippen LogP contribution < -0.4 is 5.32 Å². The smallest absolute Gasteiger partial charge is 0.254 e. The number of nitrogens with one attached hydrogen (secondary N) is 1. The van der Waals surface area contributed by atoms with Gasteiger partial charge in [-0.15, -0.1) is 0 Å². The van der Waals surface area contributed by atoms with Gasteiger partial charge in [0.05, 0.1) is 18.2 Å². The largest absolute Gasteiger partial charge is 0.365 e. The van der Waals surface area contributed by atoms with Gasteiger partial charge in [0.15, 0.2) is 6.10 Å². The molecule has 3 atom stereocenters. The molecule has 1 saturated heterocycles. The number of hydrogen-bond acceptors (Lipinski definition) is 3. The minimum absolute atomic E-state index is 0.233. The third-order valence-electron chi connectivity index (χ3n) is 6.61. The predicted octanol–water partition coefficient (Wildman–Crippen LogP) is 3.83. The van der Waals surface area contributed by atoms with Crippen LogP contribution in [-0.2, 0) is 21.5 Å². The van der Waals surface area contributed by atoms with E-state index in [1.807, 2.05) is 17.0 Å². The summed E-state index contributed by atoms with van der Waals surface area (Å²) in [6.07, 6.45) is -0.201. The van der Waals surface area contributed by atoms with Gasteiger partial charge in [0.2, 0.25) is 0 Å². The lowest BCUT2D eigenvalue weighted by atomic mass is 9.61. The van der Waals surface area contributed by atoms with E-state index in [2.05, 4.69) is 38.2 Å². The first kappa shape index (κ1) is 21.9. The molecule has 4 rings (SSSR count). The van der Waals surface area contributed by atoms with E-state index in [0.717, 1.165) is 16.7 Å². The number of halogens is 2. The van der Waals surface area contributed by atoms with Gasteiger partial charge in [0.25, 0.3) is 5.91 Å². The first-order valence-electron chi connectivity index (χ1n) is 10.9. The van der Waals surface area contributed by atoms with Gasteiger partial charge in [-0.3, -0.25) is 4.79 Å². The summed E-state index contributed by atoms with van der Waals surface area (Å²) >= 11 is 0. The summed E-state index contributed by atoms with van der Waals surface area (Å²) in [5.41, 5.74) is 1.73. The lowest BCUT2D eigenvalue weighted by molar-refractivity contribution is -0.160. The topological polar surface area (TPSA) is 41.6 Å². The maximum Gasteiger partial charge on any atom is 0.254 e. The number of rotatable bonds is 3. The van der Waals surface area contributed by atoms with Crippen molar-refractivity contribution in [2.45, 2.75) is 44.9 Å². The minimum Gasteiger partial charge on any atom is -0.365 e. The Morgan fingerprint density at radius 1 is 1.19 bits per heavy atom. The van der Waals surface area contributed by atoms with Crippen molar-refractivity contribution >= 4 is 5.91 Å². The molecule has 1 N–H and O–H groups in total. The van der Waals surface area contributed by atoms with Crippen molar-refractivity contribution in [3.63, 3.8) is 0 Å². The molecule has 0 saturated carbocycles. The molecule has 2 aliphatic heterocycles. The summed E-state index contributed by atoms with van der Waals surface area (Å²) in [6, 6.07) is 13.8. The minimum atomic E-state index is -0.897. The number of nitrogens with zero attached hydrogens (tertiary/aromatic N) is 1. The molecule has 0 radical (unpaired) electrons. The quantitative estimate of drug-likeness (QED) is 0.808. The van der Waals surface area contributed by atoms with Crippen LogP contribution in [0.2, 0.25) is 0 Å². The van der Waals surface area contributed by atoms with E-state index in [9.17, 15) is 13.6 Å². The molecule has 0 aliphatic carbocycles. The van der Waals surface area contributed by atoms with Gasteiger partial charge in [-0.25, -0.2) is 8.78 Å². The highest BCUT2D eigenvalue weighted by Gasteiger charge is 2.55. The Kier molecular flexibility index (Phi) is 5.88. The van der Waals surface area contributed by atoms with Crippen molar-refractivity contribution < 1.29 is 18.3 Å². The van der Waals surface area contributed by atoms with Gasteiger partial charge in [0.1, 0.15) is 12.5 Å². The van der Waals surface area contributed by atoms with E-state index < -0.39 is 29.8 Å². The van der Waals surface area contributed by atoms with Crippen molar-refractivity contribution in [1.29, 1.82) is 0 Å². The molecule has 0 unspecified atom stereocenters. The zero-order valence-electron chi connectivity index (χ0n) is 18.3. The fourth-order valence-electron chi connectivity index (χ4n) is 5.34. The number of carbonyl (C=O) groups excluding carboxylic acids is 1. The molecule has 2 heterocycles. The molecule has 166 valence electrons. The number of ether oxygens (including phenoxy) is 1. The van der Waals surface area contributed by atoms with Gasteiger partial charge >= 0.3 is 0 Å². The van der Waals surface area contributed by atoms with Crippen molar-refractivity contribution in [3.8, 4) is 0 Å². The van der Waals surface area contributed by atoms with Crippen molar-refractivity contribution in [1.82, 2.24) is 10.2 Å². The lowest BCUT2D eigenvalue weighted by Gasteiger charge is -2.56. The highest BCUT2D eigenvalue weighted by molar-refractivity contribution is 5.84. The van der Waals surface area contributed by atoms with E-state index in [1.54, 1.807) is 12.1 Å².